The van der Waals surface area contributed by atoms with Gasteiger partial charge in [-0.3, -0.25) is 4.79 Å². The fourth-order valence-corrected chi connectivity index (χ4v) is 3.51. The number of anilines is 3. The quantitative estimate of drug-likeness (QED) is 0.266. The molecule has 0 atom stereocenters. The topological polar surface area (TPSA) is 76.1 Å². The van der Waals surface area contributed by atoms with Crippen LogP contribution in [-0.4, -0.2) is 23.0 Å². The van der Waals surface area contributed by atoms with E-state index in [0.717, 1.165) is 34.0 Å². The Kier molecular flexibility index (Phi) is 6.98. The van der Waals surface area contributed by atoms with Gasteiger partial charge in [-0.1, -0.05) is 42.5 Å². The van der Waals surface area contributed by atoms with E-state index in [1.807, 2.05) is 105 Å². The summed E-state index contributed by atoms with van der Waals surface area (Å²) in [6, 6.07) is 26.6. The highest BCUT2D eigenvalue weighted by Gasteiger charge is 2.13. The molecule has 0 spiro atoms. The minimum Gasteiger partial charge on any atom is -0.497 e. The molecule has 0 unspecified atom stereocenters. The van der Waals surface area contributed by atoms with E-state index in [4.69, 9.17) is 4.74 Å². The molecule has 6 nitrogen and oxygen atoms in total. The van der Waals surface area contributed by atoms with Crippen molar-refractivity contribution in [3.05, 3.63) is 107 Å². The SMILES string of the molecule is COc1ccc(/C=C(/C(=O)Nc2ccc(Nc3nc(C)cc(C)n3)cc2)c2ccccc2)cc1. The Morgan fingerprint density at radius 1 is 0.824 bits per heavy atom. The van der Waals surface area contributed by atoms with E-state index in [1.54, 1.807) is 7.11 Å². The van der Waals surface area contributed by atoms with E-state index in [1.165, 1.54) is 0 Å². The van der Waals surface area contributed by atoms with Crippen molar-refractivity contribution in [2.75, 3.05) is 17.7 Å². The van der Waals surface area contributed by atoms with Crippen LogP contribution in [-0.2, 0) is 4.79 Å². The van der Waals surface area contributed by atoms with Crippen LogP contribution in [0.5, 0.6) is 5.75 Å². The molecule has 0 aliphatic carbocycles. The molecule has 4 aromatic rings. The number of aryl methyl sites for hydroxylation is 2. The molecule has 0 radical (unpaired) electrons. The fraction of sp³-hybridized carbons (Fsp3) is 0.107. The van der Waals surface area contributed by atoms with Crippen LogP contribution in [0.15, 0.2) is 84.9 Å². The van der Waals surface area contributed by atoms with Gasteiger partial charge in [-0.05, 0) is 73.5 Å². The van der Waals surface area contributed by atoms with E-state index in [9.17, 15) is 4.79 Å². The monoisotopic (exact) mass is 450 g/mol. The highest BCUT2D eigenvalue weighted by atomic mass is 16.5. The maximum absolute atomic E-state index is 13.3. The van der Waals surface area contributed by atoms with Crippen molar-refractivity contribution in [2.45, 2.75) is 13.8 Å². The summed E-state index contributed by atoms with van der Waals surface area (Å²) in [6.45, 7) is 3.87. The van der Waals surface area contributed by atoms with E-state index in [-0.39, 0.29) is 5.91 Å². The molecule has 4 rings (SSSR count). The lowest BCUT2D eigenvalue weighted by Gasteiger charge is -2.11. The number of hydrogen-bond acceptors (Lipinski definition) is 5. The first-order valence-electron chi connectivity index (χ1n) is 10.9. The van der Waals surface area contributed by atoms with Crippen LogP contribution in [0.4, 0.5) is 17.3 Å². The molecule has 1 amide bonds. The first kappa shape index (κ1) is 22.7. The van der Waals surface area contributed by atoms with E-state index >= 15 is 0 Å². The summed E-state index contributed by atoms with van der Waals surface area (Å²) >= 11 is 0. The normalized spacial score (nSPS) is 11.1. The van der Waals surface area contributed by atoms with E-state index in [0.29, 0.717) is 17.2 Å². The summed E-state index contributed by atoms with van der Waals surface area (Å²) in [5, 5.41) is 6.20. The van der Waals surface area contributed by atoms with Crippen LogP contribution in [0.25, 0.3) is 11.6 Å². The lowest BCUT2D eigenvalue weighted by atomic mass is 10.0. The molecule has 1 heterocycles. The predicted molar refractivity (Wildman–Crippen MR) is 137 cm³/mol. The molecule has 0 aliphatic rings. The van der Waals surface area contributed by atoms with Gasteiger partial charge in [0.25, 0.3) is 5.91 Å². The molecule has 0 saturated heterocycles. The second-order valence-corrected chi connectivity index (χ2v) is 7.83. The molecular weight excluding hydrogens is 424 g/mol. The molecule has 2 N–H and O–H groups in total. The van der Waals surface area contributed by atoms with Crippen LogP contribution >= 0.6 is 0 Å². The average Bonchev–Trinajstić information content (AvgIpc) is 2.84. The van der Waals surface area contributed by atoms with Crippen LogP contribution < -0.4 is 15.4 Å². The zero-order valence-electron chi connectivity index (χ0n) is 19.4. The molecule has 0 bridgehead atoms. The first-order valence-corrected chi connectivity index (χ1v) is 10.9. The van der Waals surface area contributed by atoms with Crippen molar-refractivity contribution >= 4 is 34.9 Å². The third-order valence-electron chi connectivity index (χ3n) is 5.14. The summed E-state index contributed by atoms with van der Waals surface area (Å²) in [5.41, 5.74) is 5.63. The molecule has 170 valence electrons. The van der Waals surface area contributed by atoms with Gasteiger partial charge in [0, 0.05) is 28.3 Å². The Morgan fingerprint density at radius 3 is 2.06 bits per heavy atom. The zero-order chi connectivity index (χ0) is 23.9. The van der Waals surface area contributed by atoms with Crippen LogP contribution in [0, 0.1) is 13.8 Å². The Balaban J connectivity index is 1.53. The second kappa shape index (κ2) is 10.4. The first-order chi connectivity index (χ1) is 16.5. The highest BCUT2D eigenvalue weighted by Crippen LogP contribution is 2.23. The van der Waals surface area contributed by atoms with E-state index in [2.05, 4.69) is 20.6 Å². The van der Waals surface area contributed by atoms with Crippen LogP contribution in [0.2, 0.25) is 0 Å². The molecular formula is C28H26N4O2. The van der Waals surface area contributed by atoms with Crippen molar-refractivity contribution in [2.24, 2.45) is 0 Å². The van der Waals surface area contributed by atoms with Gasteiger partial charge < -0.3 is 15.4 Å². The number of carbonyl (C=O) groups excluding carboxylic acids is 1. The summed E-state index contributed by atoms with van der Waals surface area (Å²) < 4.78 is 5.23. The Labute approximate surface area is 199 Å². The molecule has 3 aromatic carbocycles. The Hall–Kier alpha value is -4.45. The third-order valence-corrected chi connectivity index (χ3v) is 5.14. The number of ether oxygens (including phenoxy) is 1. The van der Waals surface area contributed by atoms with Crippen molar-refractivity contribution in [3.63, 3.8) is 0 Å². The molecule has 0 aliphatic heterocycles. The minimum atomic E-state index is -0.194. The molecule has 6 heteroatoms. The van der Waals surface area contributed by atoms with Gasteiger partial charge in [0.05, 0.1) is 7.11 Å². The van der Waals surface area contributed by atoms with Gasteiger partial charge in [-0.2, -0.15) is 0 Å². The molecule has 34 heavy (non-hydrogen) atoms. The number of amides is 1. The van der Waals surface area contributed by atoms with Gasteiger partial charge in [0.1, 0.15) is 5.75 Å². The fourth-order valence-electron chi connectivity index (χ4n) is 3.51. The lowest BCUT2D eigenvalue weighted by Crippen LogP contribution is -2.13. The number of benzene rings is 3. The Morgan fingerprint density at radius 2 is 1.44 bits per heavy atom. The van der Waals surface area contributed by atoms with Crippen molar-refractivity contribution in [3.8, 4) is 5.75 Å². The molecule has 0 fully saturated rings. The largest absolute Gasteiger partial charge is 0.497 e. The number of carbonyl (C=O) groups is 1. The smallest absolute Gasteiger partial charge is 0.256 e. The van der Waals surface area contributed by atoms with E-state index < -0.39 is 0 Å². The Bertz CT molecular complexity index is 1280. The number of nitrogens with zero attached hydrogens (tertiary/aromatic N) is 2. The van der Waals surface area contributed by atoms with Crippen molar-refractivity contribution < 1.29 is 9.53 Å². The number of methoxy groups -OCH3 is 1. The number of rotatable bonds is 7. The second-order valence-electron chi connectivity index (χ2n) is 7.83. The summed E-state index contributed by atoms with van der Waals surface area (Å²) in [5.74, 6) is 1.12. The van der Waals surface area contributed by atoms with Crippen molar-refractivity contribution in [1.29, 1.82) is 0 Å². The summed E-state index contributed by atoms with van der Waals surface area (Å²) in [7, 11) is 1.63. The number of nitrogens with one attached hydrogen (secondary N) is 2. The van der Waals surface area contributed by atoms with Crippen molar-refractivity contribution in [1.82, 2.24) is 9.97 Å². The zero-order valence-corrected chi connectivity index (χ0v) is 19.4. The predicted octanol–water partition coefficient (Wildman–Crippen LogP) is 6.02. The summed E-state index contributed by atoms with van der Waals surface area (Å²) in [6.07, 6.45) is 1.87. The van der Waals surface area contributed by atoms with Gasteiger partial charge in [-0.25, -0.2) is 9.97 Å². The van der Waals surface area contributed by atoms with Crippen LogP contribution in [0.1, 0.15) is 22.5 Å². The third kappa shape index (κ3) is 5.86. The number of aromatic nitrogens is 2. The average molecular weight is 451 g/mol. The maximum atomic E-state index is 13.3. The molecule has 0 saturated carbocycles. The lowest BCUT2D eigenvalue weighted by molar-refractivity contribution is -0.111. The van der Waals surface area contributed by atoms with Gasteiger partial charge >= 0.3 is 0 Å². The van der Waals surface area contributed by atoms with Gasteiger partial charge in [0.15, 0.2) is 0 Å². The van der Waals surface area contributed by atoms with Crippen LogP contribution in [0.3, 0.4) is 0 Å². The van der Waals surface area contributed by atoms with Gasteiger partial charge in [-0.15, -0.1) is 0 Å². The maximum Gasteiger partial charge on any atom is 0.256 e. The van der Waals surface area contributed by atoms with Gasteiger partial charge in [0.2, 0.25) is 5.95 Å². The molecule has 1 aromatic heterocycles. The summed E-state index contributed by atoms with van der Waals surface area (Å²) in [4.78, 5) is 22.1. The minimum absolute atomic E-state index is 0.194. The highest BCUT2D eigenvalue weighted by molar-refractivity contribution is 6.29. The number of hydrogen-bond donors (Lipinski definition) is 2. The standard InChI is InChI=1S/C28H26N4O2/c1-19-17-20(2)30-28(29-19)32-24-13-11-23(12-14-24)31-27(33)26(22-7-5-4-6-8-22)18-21-9-15-25(34-3)16-10-21/h4-18H,1-3H3,(H,31,33)(H,29,30,32)/b26-18+.